The molecule has 0 aliphatic heterocycles. The van der Waals surface area contributed by atoms with E-state index in [1.807, 2.05) is 55.9 Å². The number of benzene rings is 3. The van der Waals surface area contributed by atoms with Crippen LogP contribution in [0, 0.1) is 20.8 Å². The van der Waals surface area contributed by atoms with Gasteiger partial charge in [0.25, 0.3) is 0 Å². The lowest BCUT2D eigenvalue weighted by molar-refractivity contribution is -0.131. The molecule has 4 aromatic rings. The molecule has 38 heavy (non-hydrogen) atoms. The average molecular weight is 528 g/mol. The third-order valence-electron chi connectivity index (χ3n) is 6.20. The molecule has 0 radical (unpaired) electrons. The van der Waals surface area contributed by atoms with Gasteiger partial charge in [-0.3, -0.25) is 0 Å². The van der Waals surface area contributed by atoms with E-state index in [-0.39, 0.29) is 0 Å². The largest absolute Gasteiger partial charge is 0.494 e. The lowest BCUT2D eigenvalue weighted by atomic mass is 9.92. The zero-order valence-corrected chi connectivity index (χ0v) is 24.0. The number of hydrogen-bond acceptors (Lipinski definition) is 4. The second-order valence-corrected chi connectivity index (χ2v) is 9.96. The number of rotatable bonds is 9. The topological polar surface area (TPSA) is 59.4 Å². The van der Waals surface area contributed by atoms with Crippen molar-refractivity contribution in [3.8, 4) is 28.1 Å². The van der Waals surface area contributed by atoms with Crippen LogP contribution in [-0.4, -0.2) is 34.7 Å². The zero-order valence-electron chi connectivity index (χ0n) is 23.2. The van der Waals surface area contributed by atoms with Crippen LogP contribution in [0.3, 0.4) is 0 Å². The fourth-order valence-corrected chi connectivity index (χ4v) is 4.88. The van der Waals surface area contributed by atoms with Gasteiger partial charge >= 0.3 is 5.97 Å². The molecule has 4 nitrogen and oxygen atoms in total. The Labute approximate surface area is 230 Å². The van der Waals surface area contributed by atoms with Crippen LogP contribution in [0.1, 0.15) is 42.5 Å². The zero-order chi connectivity index (χ0) is 27.7. The van der Waals surface area contributed by atoms with Crippen LogP contribution in [0.2, 0.25) is 0 Å². The Kier molecular flexibility index (Phi) is 10.5. The van der Waals surface area contributed by atoms with Crippen LogP contribution in [0.15, 0.2) is 66.7 Å². The number of carboxylic acids is 1. The minimum atomic E-state index is -0.960. The number of hydrogen-bond donors (Lipinski definition) is 1. The molecule has 0 aliphatic rings. The Morgan fingerprint density at radius 1 is 0.947 bits per heavy atom. The van der Waals surface area contributed by atoms with Crippen LogP contribution >= 0.6 is 11.8 Å². The maximum atomic E-state index is 10.8. The number of fused-ring (bicyclic) bond motifs is 1. The monoisotopic (exact) mass is 527 g/mol. The van der Waals surface area contributed by atoms with Crippen molar-refractivity contribution in [2.45, 2.75) is 41.0 Å². The highest BCUT2D eigenvalue weighted by Gasteiger charge is 2.12. The number of nitrogens with zero attached hydrogens (tertiary/aromatic N) is 1. The molecule has 3 aromatic carbocycles. The molecule has 0 atom stereocenters. The van der Waals surface area contributed by atoms with Gasteiger partial charge in [0, 0.05) is 17.0 Å². The van der Waals surface area contributed by atoms with Crippen LogP contribution < -0.4 is 4.74 Å². The van der Waals surface area contributed by atoms with Crippen LogP contribution in [0.5, 0.6) is 5.75 Å². The molecule has 1 aromatic heterocycles. The summed E-state index contributed by atoms with van der Waals surface area (Å²) < 4.78 is 5.99. The molecule has 0 aliphatic carbocycles. The molecule has 1 N–H and O–H groups in total. The van der Waals surface area contributed by atoms with Crippen LogP contribution in [0.4, 0.5) is 0 Å². The number of pyridine rings is 1. The normalized spacial score (nSPS) is 10.9. The molecule has 0 bridgehead atoms. The SMILES string of the molecule is CC.CSCCCOc1cc(C)c(-c2ccc(C)c(-c3ccc4cc(/C=C/C(=O)O)ccc4n3)c2)c(C)c1. The summed E-state index contributed by atoms with van der Waals surface area (Å²) in [5, 5.41) is 9.85. The van der Waals surface area contributed by atoms with Gasteiger partial charge in [-0.15, -0.1) is 0 Å². The van der Waals surface area contributed by atoms with E-state index in [0.29, 0.717) is 0 Å². The number of thioether (sulfide) groups is 1. The van der Waals surface area contributed by atoms with E-state index in [9.17, 15) is 4.79 Å². The number of aliphatic carboxylic acids is 1. The molecular formula is C33H37NO3S. The standard InChI is InChI=1S/C31H31NO3S.C2H6/c1-20-6-9-25(31-21(2)16-26(17-22(31)3)35-14-5-15-36-4)19-27(20)29-12-10-24-18-23(8-13-30(33)34)7-11-28(24)32-29;1-2/h6-13,16-19H,5,14-15H2,1-4H3,(H,33,34);1-2H3/b13-8+;. The minimum Gasteiger partial charge on any atom is -0.494 e. The molecule has 0 saturated heterocycles. The van der Waals surface area contributed by atoms with Gasteiger partial charge in [0.05, 0.1) is 17.8 Å². The maximum absolute atomic E-state index is 10.8. The summed E-state index contributed by atoms with van der Waals surface area (Å²) in [6.45, 7) is 11.1. The molecule has 0 spiro atoms. The Hall–Kier alpha value is -3.57. The van der Waals surface area contributed by atoms with Gasteiger partial charge in [0.15, 0.2) is 0 Å². The molecule has 0 unspecified atom stereocenters. The van der Waals surface area contributed by atoms with Gasteiger partial charge in [-0.05, 0) is 115 Å². The lowest BCUT2D eigenvalue weighted by Crippen LogP contribution is -2.00. The first kappa shape index (κ1) is 29.0. The van der Waals surface area contributed by atoms with E-state index >= 15 is 0 Å². The van der Waals surface area contributed by atoms with Crippen molar-refractivity contribution in [2.75, 3.05) is 18.6 Å². The van der Waals surface area contributed by atoms with E-state index in [1.165, 1.54) is 16.7 Å². The Balaban J connectivity index is 0.00000195. The van der Waals surface area contributed by atoms with Crippen molar-refractivity contribution in [3.05, 3.63) is 89.0 Å². The van der Waals surface area contributed by atoms with Gasteiger partial charge < -0.3 is 9.84 Å². The predicted molar refractivity (Wildman–Crippen MR) is 163 cm³/mol. The first-order valence-corrected chi connectivity index (χ1v) is 14.4. The third-order valence-corrected chi connectivity index (χ3v) is 6.90. The summed E-state index contributed by atoms with van der Waals surface area (Å²) in [5.74, 6) is 1.07. The molecule has 5 heteroatoms. The average Bonchev–Trinajstić information content (AvgIpc) is 2.91. The van der Waals surface area contributed by atoms with Crippen molar-refractivity contribution in [2.24, 2.45) is 0 Å². The van der Waals surface area contributed by atoms with Crippen LogP contribution in [0.25, 0.3) is 39.4 Å². The number of ether oxygens (including phenoxy) is 1. The van der Waals surface area contributed by atoms with Gasteiger partial charge in [-0.2, -0.15) is 11.8 Å². The van der Waals surface area contributed by atoms with Gasteiger partial charge in [-0.1, -0.05) is 38.1 Å². The highest BCUT2D eigenvalue weighted by Crippen LogP contribution is 2.35. The summed E-state index contributed by atoms with van der Waals surface area (Å²) in [6, 6.07) is 20.7. The number of carboxylic acid groups (broad SMARTS) is 1. The quantitative estimate of drug-likeness (QED) is 0.174. The first-order valence-electron chi connectivity index (χ1n) is 13.0. The smallest absolute Gasteiger partial charge is 0.328 e. The van der Waals surface area contributed by atoms with Crippen LogP contribution in [-0.2, 0) is 4.79 Å². The highest BCUT2D eigenvalue weighted by molar-refractivity contribution is 7.98. The van der Waals surface area contributed by atoms with E-state index in [1.54, 1.807) is 6.08 Å². The minimum absolute atomic E-state index is 0.735. The Bertz CT molecular complexity index is 1420. The number of aryl methyl sites for hydroxylation is 3. The first-order chi connectivity index (χ1) is 18.4. The third kappa shape index (κ3) is 7.26. The van der Waals surface area contributed by atoms with Gasteiger partial charge in [0.1, 0.15) is 5.75 Å². The number of aromatic nitrogens is 1. The Morgan fingerprint density at radius 2 is 1.68 bits per heavy atom. The van der Waals surface area contributed by atoms with Gasteiger partial charge in [0.2, 0.25) is 0 Å². The molecule has 1 heterocycles. The summed E-state index contributed by atoms with van der Waals surface area (Å²) in [4.78, 5) is 15.7. The summed E-state index contributed by atoms with van der Waals surface area (Å²) in [6.07, 6.45) is 5.90. The summed E-state index contributed by atoms with van der Waals surface area (Å²) in [5.41, 5.74) is 9.66. The lowest BCUT2D eigenvalue weighted by Gasteiger charge is -2.16. The van der Waals surface area contributed by atoms with Crippen molar-refractivity contribution in [1.82, 2.24) is 4.98 Å². The summed E-state index contributed by atoms with van der Waals surface area (Å²) in [7, 11) is 0. The Morgan fingerprint density at radius 3 is 2.37 bits per heavy atom. The fraction of sp³-hybridized carbons (Fsp3) is 0.273. The van der Waals surface area contributed by atoms with Crippen molar-refractivity contribution in [1.29, 1.82) is 0 Å². The van der Waals surface area contributed by atoms with Crippen molar-refractivity contribution < 1.29 is 14.6 Å². The second kappa shape index (κ2) is 13.8. The highest BCUT2D eigenvalue weighted by atomic mass is 32.2. The van der Waals surface area contributed by atoms with Gasteiger partial charge in [-0.25, -0.2) is 9.78 Å². The van der Waals surface area contributed by atoms with E-state index < -0.39 is 5.97 Å². The number of carbonyl (C=O) groups is 1. The molecule has 0 saturated carbocycles. The molecule has 198 valence electrons. The maximum Gasteiger partial charge on any atom is 0.328 e. The van der Waals surface area contributed by atoms with Crippen molar-refractivity contribution in [3.63, 3.8) is 0 Å². The molecule has 0 fully saturated rings. The van der Waals surface area contributed by atoms with Crippen molar-refractivity contribution >= 4 is 34.7 Å². The second-order valence-electron chi connectivity index (χ2n) is 8.98. The summed E-state index contributed by atoms with van der Waals surface area (Å²) >= 11 is 1.84. The van der Waals surface area contributed by atoms with E-state index in [2.05, 4.69) is 57.4 Å². The molecule has 4 rings (SSSR count). The molecule has 0 amide bonds. The fourth-order valence-electron chi connectivity index (χ4n) is 4.47. The molecular weight excluding hydrogens is 490 g/mol. The van der Waals surface area contributed by atoms with E-state index in [4.69, 9.17) is 14.8 Å². The predicted octanol–water partition coefficient (Wildman–Crippen LogP) is 8.75. The van der Waals surface area contributed by atoms with E-state index in [0.717, 1.165) is 69.5 Å².